The van der Waals surface area contributed by atoms with Crippen LogP contribution in [0.1, 0.15) is 0 Å². The van der Waals surface area contributed by atoms with Gasteiger partial charge < -0.3 is 14.3 Å². The van der Waals surface area contributed by atoms with Gasteiger partial charge in [-0.2, -0.15) is 0 Å². The van der Waals surface area contributed by atoms with Crippen LogP contribution in [0.4, 0.5) is 0 Å². The summed E-state index contributed by atoms with van der Waals surface area (Å²) in [4.78, 5) is 22.0. The van der Waals surface area contributed by atoms with Crippen LogP contribution in [0.25, 0.3) is 21.9 Å². The standard InChI is InChI=1S/C16H11O3P/c17-20(18)19-16-14-9-5-4-8-13(14)10-11-15(16)12-6-2-1-3-7-12/h1-11H/q-2. The van der Waals surface area contributed by atoms with Crippen LogP contribution >= 0.6 is 8.60 Å². The largest absolute Gasteiger partial charge is 0.810 e. The lowest BCUT2D eigenvalue weighted by Crippen LogP contribution is -2.13. The van der Waals surface area contributed by atoms with E-state index in [0.717, 1.165) is 21.9 Å². The Balaban J connectivity index is 2.26. The van der Waals surface area contributed by atoms with E-state index >= 15 is 0 Å². The van der Waals surface area contributed by atoms with Crippen LogP contribution in [0, 0.1) is 0 Å². The van der Waals surface area contributed by atoms with E-state index in [1.807, 2.05) is 66.7 Å². The molecule has 0 bridgehead atoms. The third-order valence-electron chi connectivity index (χ3n) is 3.13. The van der Waals surface area contributed by atoms with Gasteiger partial charge in [-0.25, -0.2) is 0 Å². The molecule has 100 valence electrons. The minimum absolute atomic E-state index is 0.380. The molecule has 0 aromatic heterocycles. The highest BCUT2D eigenvalue weighted by Gasteiger charge is 2.09. The topological polar surface area (TPSA) is 55.3 Å². The van der Waals surface area contributed by atoms with Crippen LogP contribution in [-0.2, 0) is 0 Å². The van der Waals surface area contributed by atoms with Crippen molar-refractivity contribution in [1.29, 1.82) is 0 Å². The Labute approximate surface area is 118 Å². The fourth-order valence-electron chi connectivity index (χ4n) is 2.26. The van der Waals surface area contributed by atoms with Gasteiger partial charge in [0.25, 0.3) is 0 Å². The summed E-state index contributed by atoms with van der Waals surface area (Å²) in [6.07, 6.45) is 0. The minimum Gasteiger partial charge on any atom is -0.810 e. The molecule has 0 aliphatic heterocycles. The average Bonchev–Trinajstić information content (AvgIpc) is 2.48. The smallest absolute Gasteiger partial charge is 0.135 e. The normalized spacial score (nSPS) is 10.9. The van der Waals surface area contributed by atoms with E-state index in [1.165, 1.54) is 0 Å². The predicted molar refractivity (Wildman–Crippen MR) is 76.9 cm³/mol. The Morgan fingerprint density at radius 3 is 2.20 bits per heavy atom. The molecule has 0 unspecified atom stereocenters. The quantitative estimate of drug-likeness (QED) is 0.694. The first-order valence-corrected chi connectivity index (χ1v) is 7.25. The molecule has 20 heavy (non-hydrogen) atoms. The third kappa shape index (κ3) is 2.52. The number of fused-ring (bicyclic) bond motifs is 1. The van der Waals surface area contributed by atoms with E-state index in [4.69, 9.17) is 4.52 Å². The Morgan fingerprint density at radius 2 is 1.45 bits per heavy atom. The lowest BCUT2D eigenvalue weighted by atomic mass is 10.00. The lowest BCUT2D eigenvalue weighted by molar-refractivity contribution is -0.310. The number of hydrogen-bond donors (Lipinski definition) is 0. The van der Waals surface area contributed by atoms with Gasteiger partial charge in [-0.15, -0.1) is 0 Å². The van der Waals surface area contributed by atoms with Crippen molar-refractivity contribution in [1.82, 2.24) is 0 Å². The zero-order chi connectivity index (χ0) is 13.9. The molecule has 0 saturated carbocycles. The molecule has 0 saturated heterocycles. The Morgan fingerprint density at radius 1 is 0.750 bits per heavy atom. The molecular formula is C16H11O3P-2. The Bertz CT molecular complexity index is 726. The number of rotatable bonds is 3. The summed E-state index contributed by atoms with van der Waals surface area (Å²) in [5.41, 5.74) is 1.69. The second kappa shape index (κ2) is 5.59. The fraction of sp³-hybridized carbons (Fsp3) is 0. The van der Waals surface area contributed by atoms with Crippen LogP contribution in [0.3, 0.4) is 0 Å². The van der Waals surface area contributed by atoms with Crippen LogP contribution in [-0.4, -0.2) is 0 Å². The van der Waals surface area contributed by atoms with Crippen LogP contribution < -0.4 is 14.3 Å². The molecule has 0 amide bonds. The summed E-state index contributed by atoms with van der Waals surface area (Å²) in [6, 6.07) is 21.0. The maximum atomic E-state index is 11.0. The molecule has 3 nitrogen and oxygen atoms in total. The highest BCUT2D eigenvalue weighted by atomic mass is 31.2. The molecule has 0 radical (unpaired) electrons. The molecule has 3 aromatic carbocycles. The highest BCUT2D eigenvalue weighted by Crippen LogP contribution is 2.40. The summed E-state index contributed by atoms with van der Waals surface area (Å²) in [5, 5.41) is 1.73. The molecular weight excluding hydrogens is 271 g/mol. The van der Waals surface area contributed by atoms with Gasteiger partial charge in [0.05, 0.1) is 0 Å². The van der Waals surface area contributed by atoms with Gasteiger partial charge in [0, 0.05) is 10.9 Å². The van der Waals surface area contributed by atoms with E-state index in [1.54, 1.807) is 0 Å². The zero-order valence-corrected chi connectivity index (χ0v) is 11.4. The first-order chi connectivity index (χ1) is 9.75. The fourth-order valence-corrected chi connectivity index (χ4v) is 2.61. The van der Waals surface area contributed by atoms with E-state index in [-0.39, 0.29) is 0 Å². The van der Waals surface area contributed by atoms with E-state index in [9.17, 15) is 9.79 Å². The molecule has 3 rings (SSSR count). The van der Waals surface area contributed by atoms with Crippen molar-refractivity contribution in [2.45, 2.75) is 0 Å². The van der Waals surface area contributed by atoms with Crippen molar-refractivity contribution in [3.63, 3.8) is 0 Å². The Kier molecular flexibility index (Phi) is 3.66. The zero-order valence-electron chi connectivity index (χ0n) is 10.5. The van der Waals surface area contributed by atoms with Crippen molar-refractivity contribution >= 4 is 19.4 Å². The summed E-state index contributed by atoms with van der Waals surface area (Å²) in [6.45, 7) is 0. The van der Waals surface area contributed by atoms with Gasteiger partial charge in [-0.1, -0.05) is 75.3 Å². The van der Waals surface area contributed by atoms with Crippen molar-refractivity contribution in [2.24, 2.45) is 0 Å². The Hall–Kier alpha value is -1.93. The monoisotopic (exact) mass is 282 g/mol. The van der Waals surface area contributed by atoms with Gasteiger partial charge in [-0.05, 0) is 10.9 Å². The second-order valence-corrected chi connectivity index (χ2v) is 4.97. The second-order valence-electron chi connectivity index (χ2n) is 4.34. The van der Waals surface area contributed by atoms with Crippen LogP contribution in [0.5, 0.6) is 5.75 Å². The molecule has 0 aliphatic rings. The first kappa shape index (κ1) is 13.1. The highest BCUT2D eigenvalue weighted by molar-refractivity contribution is 7.36. The van der Waals surface area contributed by atoms with E-state index in [0.29, 0.717) is 5.75 Å². The summed E-state index contributed by atoms with van der Waals surface area (Å²) in [5.74, 6) is 0.380. The van der Waals surface area contributed by atoms with E-state index in [2.05, 4.69) is 0 Å². The predicted octanol–water partition coefficient (Wildman–Crippen LogP) is 2.83. The average molecular weight is 282 g/mol. The van der Waals surface area contributed by atoms with Crippen LogP contribution in [0.15, 0.2) is 66.7 Å². The maximum Gasteiger partial charge on any atom is 0.135 e. The molecule has 4 heteroatoms. The lowest BCUT2D eigenvalue weighted by Gasteiger charge is -2.31. The molecule has 0 spiro atoms. The molecule has 0 atom stereocenters. The summed E-state index contributed by atoms with van der Waals surface area (Å²) < 4.78 is 5.07. The molecule has 0 heterocycles. The summed E-state index contributed by atoms with van der Waals surface area (Å²) in [7, 11) is -2.96. The number of hydrogen-bond acceptors (Lipinski definition) is 3. The van der Waals surface area contributed by atoms with Crippen LogP contribution in [0.2, 0.25) is 0 Å². The molecule has 0 N–H and O–H groups in total. The summed E-state index contributed by atoms with van der Waals surface area (Å²) >= 11 is 0. The van der Waals surface area contributed by atoms with Gasteiger partial charge >= 0.3 is 0 Å². The van der Waals surface area contributed by atoms with E-state index < -0.39 is 8.60 Å². The third-order valence-corrected chi connectivity index (χ3v) is 3.46. The van der Waals surface area contributed by atoms with Crippen molar-refractivity contribution < 1.29 is 14.3 Å². The van der Waals surface area contributed by atoms with Gasteiger partial charge in [0.1, 0.15) is 5.75 Å². The molecule has 0 aliphatic carbocycles. The van der Waals surface area contributed by atoms with Crippen molar-refractivity contribution in [2.75, 3.05) is 0 Å². The van der Waals surface area contributed by atoms with Crippen molar-refractivity contribution in [3.8, 4) is 16.9 Å². The number of benzene rings is 3. The van der Waals surface area contributed by atoms with Gasteiger partial charge in [0.15, 0.2) is 0 Å². The van der Waals surface area contributed by atoms with Gasteiger partial charge in [0.2, 0.25) is 0 Å². The molecule has 3 aromatic rings. The van der Waals surface area contributed by atoms with Crippen molar-refractivity contribution in [3.05, 3.63) is 66.7 Å². The maximum absolute atomic E-state index is 11.0. The SMILES string of the molecule is [O-]P([O-])Oc1c(-c2ccccc2)ccc2ccccc12. The first-order valence-electron chi connectivity index (χ1n) is 6.15. The molecule has 0 fully saturated rings. The minimum atomic E-state index is -2.96. The van der Waals surface area contributed by atoms with Gasteiger partial charge in [-0.3, -0.25) is 0 Å².